The molecule has 0 radical (unpaired) electrons. The molecule has 0 amide bonds. The van der Waals surface area contributed by atoms with E-state index >= 15 is 0 Å². The minimum absolute atomic E-state index is 0.00718. The normalized spacial score (nSPS) is 12.6. The van der Waals surface area contributed by atoms with Crippen LogP contribution in [0.25, 0.3) is 0 Å². The monoisotopic (exact) mass is 278 g/mol. The van der Waals surface area contributed by atoms with Gasteiger partial charge in [-0.1, -0.05) is 30.3 Å². The molecule has 0 aliphatic carbocycles. The third-order valence-electron chi connectivity index (χ3n) is 2.57. The quantitative estimate of drug-likeness (QED) is 0.777. The van der Waals surface area contributed by atoms with Gasteiger partial charge in [-0.2, -0.15) is 0 Å². The van der Waals surface area contributed by atoms with Crippen molar-refractivity contribution in [1.82, 2.24) is 0 Å². The number of carbonyl (C=O) groups is 2. The number of hydrogen-bond acceptors (Lipinski definition) is 4. The lowest BCUT2D eigenvalue weighted by Crippen LogP contribution is -2.29. The van der Waals surface area contributed by atoms with Crippen molar-refractivity contribution in [3.8, 4) is 0 Å². The maximum atomic E-state index is 12.3. The first kappa shape index (κ1) is 16.2. The smallest absolute Gasteiger partial charge is 0.314 e. The van der Waals surface area contributed by atoms with Crippen LogP contribution >= 0.6 is 0 Å². The molecule has 0 heterocycles. The first-order valence-corrected chi connectivity index (χ1v) is 6.77. The zero-order valence-electron chi connectivity index (χ0n) is 12.5. The second-order valence-electron chi connectivity index (χ2n) is 5.51. The molecular weight excluding hydrogens is 256 g/mol. The number of rotatable bonds is 5. The minimum atomic E-state index is -0.630. The van der Waals surface area contributed by atoms with E-state index in [1.165, 1.54) is 0 Å². The Hall–Kier alpha value is -1.84. The van der Waals surface area contributed by atoms with E-state index < -0.39 is 23.5 Å². The van der Waals surface area contributed by atoms with Crippen molar-refractivity contribution in [3.05, 3.63) is 35.9 Å². The molecule has 0 N–H and O–H groups in total. The average Bonchev–Trinajstić information content (AvgIpc) is 2.35. The molecular formula is C16H22O4. The second kappa shape index (κ2) is 7.08. The molecule has 0 aliphatic heterocycles. The van der Waals surface area contributed by atoms with Gasteiger partial charge >= 0.3 is 11.9 Å². The third kappa shape index (κ3) is 5.43. The molecule has 0 saturated heterocycles. The number of ether oxygens (including phenoxy) is 2. The molecule has 1 atom stereocenters. The molecule has 0 aromatic heterocycles. The zero-order chi connectivity index (χ0) is 15.2. The Morgan fingerprint density at radius 2 is 1.75 bits per heavy atom. The van der Waals surface area contributed by atoms with Gasteiger partial charge < -0.3 is 9.47 Å². The zero-order valence-corrected chi connectivity index (χ0v) is 12.5. The Labute approximate surface area is 120 Å². The van der Waals surface area contributed by atoms with Crippen molar-refractivity contribution in [2.24, 2.45) is 0 Å². The Balaban J connectivity index is 2.90. The van der Waals surface area contributed by atoms with Crippen molar-refractivity contribution in [2.45, 2.75) is 45.6 Å². The van der Waals surface area contributed by atoms with Gasteiger partial charge in [0.2, 0.25) is 0 Å². The van der Waals surface area contributed by atoms with E-state index in [-0.39, 0.29) is 6.42 Å². The SMILES string of the molecule is CCOC(=O)C[C@H](C(=O)OC(C)(C)C)c1ccccc1. The summed E-state index contributed by atoms with van der Waals surface area (Å²) in [5.74, 6) is -1.43. The molecule has 0 bridgehead atoms. The highest BCUT2D eigenvalue weighted by molar-refractivity contribution is 5.84. The van der Waals surface area contributed by atoms with E-state index in [0.29, 0.717) is 6.61 Å². The van der Waals surface area contributed by atoms with Crippen LogP contribution in [0.15, 0.2) is 30.3 Å². The van der Waals surface area contributed by atoms with E-state index in [1.54, 1.807) is 27.7 Å². The summed E-state index contributed by atoms with van der Waals surface area (Å²) in [5.41, 5.74) is 0.175. The number of hydrogen-bond donors (Lipinski definition) is 0. The average molecular weight is 278 g/mol. The molecule has 0 spiro atoms. The van der Waals surface area contributed by atoms with Crippen LogP contribution in [0, 0.1) is 0 Å². The molecule has 0 unspecified atom stereocenters. The predicted molar refractivity (Wildman–Crippen MR) is 76.3 cm³/mol. The summed E-state index contributed by atoms with van der Waals surface area (Å²) in [6, 6.07) is 9.15. The molecule has 110 valence electrons. The Morgan fingerprint density at radius 3 is 2.25 bits per heavy atom. The molecule has 0 aliphatic rings. The van der Waals surface area contributed by atoms with Gasteiger partial charge in [0.1, 0.15) is 5.60 Å². The molecule has 0 saturated carbocycles. The lowest BCUT2D eigenvalue weighted by atomic mass is 9.95. The lowest BCUT2D eigenvalue weighted by molar-refractivity contribution is -0.160. The summed E-state index contributed by atoms with van der Waals surface area (Å²) in [5, 5.41) is 0. The van der Waals surface area contributed by atoms with Crippen LogP contribution in [0.4, 0.5) is 0 Å². The van der Waals surface area contributed by atoms with Crippen molar-refractivity contribution in [3.63, 3.8) is 0 Å². The molecule has 0 fully saturated rings. The van der Waals surface area contributed by atoms with E-state index in [2.05, 4.69) is 0 Å². The maximum absolute atomic E-state index is 12.3. The van der Waals surface area contributed by atoms with Gasteiger partial charge in [0.05, 0.1) is 18.9 Å². The fraction of sp³-hybridized carbons (Fsp3) is 0.500. The van der Waals surface area contributed by atoms with E-state index in [9.17, 15) is 9.59 Å². The predicted octanol–water partition coefficient (Wildman–Crippen LogP) is 3.07. The third-order valence-corrected chi connectivity index (χ3v) is 2.57. The number of carbonyl (C=O) groups excluding carboxylic acids is 2. The summed E-state index contributed by atoms with van der Waals surface area (Å²) < 4.78 is 10.3. The van der Waals surface area contributed by atoms with Gasteiger partial charge in [0.25, 0.3) is 0 Å². The standard InChI is InChI=1S/C16H22O4/c1-5-19-14(17)11-13(12-9-7-6-8-10-12)15(18)20-16(2,3)4/h6-10,13H,5,11H2,1-4H3/t13-/m0/s1. The minimum Gasteiger partial charge on any atom is -0.466 e. The topological polar surface area (TPSA) is 52.6 Å². The largest absolute Gasteiger partial charge is 0.466 e. The van der Waals surface area contributed by atoms with Gasteiger partial charge in [-0.3, -0.25) is 9.59 Å². The summed E-state index contributed by atoms with van der Waals surface area (Å²) in [6.07, 6.45) is -0.00718. The molecule has 1 rings (SSSR count). The van der Waals surface area contributed by atoms with E-state index in [0.717, 1.165) is 5.56 Å². The van der Waals surface area contributed by atoms with Gasteiger partial charge in [-0.25, -0.2) is 0 Å². The summed E-state index contributed by atoms with van der Waals surface area (Å²) >= 11 is 0. The molecule has 4 heteroatoms. The molecule has 20 heavy (non-hydrogen) atoms. The first-order chi connectivity index (χ1) is 9.33. The highest BCUT2D eigenvalue weighted by atomic mass is 16.6. The number of esters is 2. The Bertz CT molecular complexity index is 445. The van der Waals surface area contributed by atoms with Gasteiger partial charge in [-0.05, 0) is 33.3 Å². The molecule has 1 aromatic carbocycles. The summed E-state index contributed by atoms with van der Waals surface area (Å²) in [6.45, 7) is 7.45. The van der Waals surface area contributed by atoms with Crippen LogP contribution in [0.2, 0.25) is 0 Å². The second-order valence-corrected chi connectivity index (χ2v) is 5.51. The van der Waals surface area contributed by atoms with Crippen LogP contribution in [-0.4, -0.2) is 24.1 Å². The maximum Gasteiger partial charge on any atom is 0.314 e. The highest BCUT2D eigenvalue weighted by Crippen LogP contribution is 2.24. The molecule has 1 aromatic rings. The van der Waals surface area contributed by atoms with Gasteiger partial charge in [0.15, 0.2) is 0 Å². The summed E-state index contributed by atoms with van der Waals surface area (Å²) in [4.78, 5) is 23.9. The van der Waals surface area contributed by atoms with E-state index in [4.69, 9.17) is 9.47 Å². The van der Waals surface area contributed by atoms with E-state index in [1.807, 2.05) is 30.3 Å². The van der Waals surface area contributed by atoms with Crippen molar-refractivity contribution >= 4 is 11.9 Å². The number of benzene rings is 1. The van der Waals surface area contributed by atoms with Crippen LogP contribution in [0.3, 0.4) is 0 Å². The Morgan fingerprint density at radius 1 is 1.15 bits per heavy atom. The fourth-order valence-corrected chi connectivity index (χ4v) is 1.78. The highest BCUT2D eigenvalue weighted by Gasteiger charge is 2.29. The first-order valence-electron chi connectivity index (χ1n) is 6.77. The Kier molecular flexibility index (Phi) is 5.74. The molecule has 4 nitrogen and oxygen atoms in total. The van der Waals surface area contributed by atoms with Crippen molar-refractivity contribution < 1.29 is 19.1 Å². The summed E-state index contributed by atoms with van der Waals surface area (Å²) in [7, 11) is 0. The van der Waals surface area contributed by atoms with Crippen LogP contribution in [-0.2, 0) is 19.1 Å². The van der Waals surface area contributed by atoms with Gasteiger partial charge in [0, 0.05) is 0 Å². The van der Waals surface area contributed by atoms with Gasteiger partial charge in [-0.15, -0.1) is 0 Å². The van der Waals surface area contributed by atoms with Crippen molar-refractivity contribution in [2.75, 3.05) is 6.61 Å². The van der Waals surface area contributed by atoms with Crippen molar-refractivity contribution in [1.29, 1.82) is 0 Å². The lowest BCUT2D eigenvalue weighted by Gasteiger charge is -2.23. The van der Waals surface area contributed by atoms with Crippen LogP contribution < -0.4 is 0 Å². The fourth-order valence-electron chi connectivity index (χ4n) is 1.78. The van der Waals surface area contributed by atoms with Crippen LogP contribution in [0.5, 0.6) is 0 Å². The van der Waals surface area contributed by atoms with Crippen LogP contribution in [0.1, 0.15) is 45.6 Å².